The first-order chi connectivity index (χ1) is 11.3. The third kappa shape index (κ3) is 3.55. The first-order valence-electron chi connectivity index (χ1n) is 8.29. The predicted octanol–water partition coefficient (Wildman–Crippen LogP) is 2.76. The molecular weight excluding hydrogens is 302 g/mol. The van der Waals surface area contributed by atoms with Crippen LogP contribution in [-0.2, 0) is 17.8 Å². The van der Waals surface area contributed by atoms with E-state index in [1.165, 1.54) is 0 Å². The fourth-order valence-electron chi connectivity index (χ4n) is 2.94. The first kappa shape index (κ1) is 16.4. The number of carbonyl (C=O) groups excluding carboxylic acids is 1. The molecule has 5 nitrogen and oxygen atoms in total. The van der Waals surface area contributed by atoms with Gasteiger partial charge in [0.25, 0.3) is 5.56 Å². The lowest BCUT2D eigenvalue weighted by molar-refractivity contribution is -0.134. The van der Waals surface area contributed by atoms with Crippen molar-refractivity contribution in [3.05, 3.63) is 51.9 Å². The molecule has 126 valence electrons. The smallest absolute Gasteiger partial charge is 0.256 e. The van der Waals surface area contributed by atoms with Crippen molar-refractivity contribution in [3.63, 3.8) is 0 Å². The zero-order valence-electron chi connectivity index (χ0n) is 14.4. The van der Waals surface area contributed by atoms with Gasteiger partial charge < -0.3 is 9.88 Å². The fraction of sp³-hybridized carbons (Fsp3) is 0.421. The molecule has 0 unspecified atom stereocenters. The molecule has 2 aromatic rings. The number of fused-ring (bicyclic) bond motifs is 1. The van der Waals surface area contributed by atoms with Crippen LogP contribution in [0.2, 0.25) is 0 Å². The number of hydrogen-bond acceptors (Lipinski definition) is 3. The van der Waals surface area contributed by atoms with E-state index < -0.39 is 0 Å². The van der Waals surface area contributed by atoms with Crippen LogP contribution in [0.4, 0.5) is 0 Å². The van der Waals surface area contributed by atoms with Crippen molar-refractivity contribution in [1.82, 2.24) is 14.9 Å². The Morgan fingerprint density at radius 3 is 2.62 bits per heavy atom. The van der Waals surface area contributed by atoms with Gasteiger partial charge >= 0.3 is 0 Å². The Hall–Kier alpha value is -2.43. The van der Waals surface area contributed by atoms with Gasteiger partial charge in [0.15, 0.2) is 0 Å². The van der Waals surface area contributed by atoms with Crippen molar-refractivity contribution in [3.8, 4) is 11.4 Å². The van der Waals surface area contributed by atoms with E-state index >= 15 is 0 Å². The van der Waals surface area contributed by atoms with Crippen LogP contribution in [0.25, 0.3) is 11.4 Å². The molecule has 0 aliphatic carbocycles. The number of nitrogens with zero attached hydrogens (tertiary/aromatic N) is 2. The second-order valence-electron chi connectivity index (χ2n) is 7.51. The molecule has 0 saturated heterocycles. The van der Waals surface area contributed by atoms with Crippen LogP contribution in [0.15, 0.2) is 35.1 Å². The lowest BCUT2D eigenvalue weighted by Gasteiger charge is -2.30. The van der Waals surface area contributed by atoms with E-state index in [1.54, 1.807) is 4.90 Å². The average molecular weight is 325 g/mol. The minimum absolute atomic E-state index is 0.0564. The SMILES string of the molecule is CC(C)(C)CC(=O)N1CCc2nc(-c3ccccc3)[nH]c(=O)c2C1. The van der Waals surface area contributed by atoms with Crippen LogP contribution in [-0.4, -0.2) is 27.3 Å². The van der Waals surface area contributed by atoms with Gasteiger partial charge in [-0.15, -0.1) is 0 Å². The number of aromatic nitrogens is 2. The van der Waals surface area contributed by atoms with Gasteiger partial charge in [-0.1, -0.05) is 51.1 Å². The van der Waals surface area contributed by atoms with E-state index in [0.717, 1.165) is 11.3 Å². The fourth-order valence-corrected chi connectivity index (χ4v) is 2.94. The Labute approximate surface area is 141 Å². The second kappa shape index (κ2) is 6.23. The number of aromatic amines is 1. The highest BCUT2D eigenvalue weighted by Crippen LogP contribution is 2.23. The second-order valence-corrected chi connectivity index (χ2v) is 7.51. The zero-order valence-corrected chi connectivity index (χ0v) is 14.4. The minimum atomic E-state index is -0.146. The lowest BCUT2D eigenvalue weighted by Crippen LogP contribution is -2.40. The summed E-state index contributed by atoms with van der Waals surface area (Å²) in [5.41, 5.74) is 2.11. The Morgan fingerprint density at radius 2 is 1.96 bits per heavy atom. The van der Waals surface area contributed by atoms with Gasteiger partial charge in [-0.2, -0.15) is 0 Å². The summed E-state index contributed by atoms with van der Waals surface area (Å²) in [5, 5.41) is 0. The Kier molecular flexibility index (Phi) is 4.26. The minimum Gasteiger partial charge on any atom is -0.338 e. The molecule has 0 fully saturated rings. The summed E-state index contributed by atoms with van der Waals surface area (Å²) in [6.07, 6.45) is 1.10. The number of rotatable bonds is 2. The quantitative estimate of drug-likeness (QED) is 0.923. The van der Waals surface area contributed by atoms with Crippen molar-refractivity contribution in [1.29, 1.82) is 0 Å². The maximum Gasteiger partial charge on any atom is 0.256 e. The molecule has 0 radical (unpaired) electrons. The number of hydrogen-bond donors (Lipinski definition) is 1. The summed E-state index contributed by atoms with van der Waals surface area (Å²) in [6.45, 7) is 7.10. The van der Waals surface area contributed by atoms with E-state index in [0.29, 0.717) is 37.3 Å². The maximum atomic E-state index is 12.5. The van der Waals surface area contributed by atoms with E-state index in [4.69, 9.17) is 0 Å². The molecule has 1 aromatic carbocycles. The predicted molar refractivity (Wildman–Crippen MR) is 93.5 cm³/mol. The van der Waals surface area contributed by atoms with Gasteiger partial charge in [-0.05, 0) is 5.41 Å². The lowest BCUT2D eigenvalue weighted by atomic mass is 9.91. The molecule has 1 aromatic heterocycles. The highest BCUT2D eigenvalue weighted by molar-refractivity contribution is 5.77. The molecule has 1 aliphatic rings. The molecule has 2 heterocycles. The molecule has 3 rings (SSSR count). The Bertz CT molecular complexity index is 804. The molecule has 1 aliphatic heterocycles. The number of benzene rings is 1. The molecule has 1 N–H and O–H groups in total. The summed E-state index contributed by atoms with van der Waals surface area (Å²) in [5.74, 6) is 0.688. The molecule has 0 spiro atoms. The normalized spacial score (nSPS) is 14.4. The van der Waals surface area contributed by atoms with Crippen LogP contribution in [0.5, 0.6) is 0 Å². The summed E-state index contributed by atoms with van der Waals surface area (Å²) < 4.78 is 0. The summed E-state index contributed by atoms with van der Waals surface area (Å²) in [7, 11) is 0. The number of carbonyl (C=O) groups is 1. The Balaban J connectivity index is 1.86. The molecule has 24 heavy (non-hydrogen) atoms. The van der Waals surface area contributed by atoms with Crippen LogP contribution in [0.3, 0.4) is 0 Å². The molecule has 0 atom stereocenters. The standard InChI is InChI=1S/C19H23N3O2/c1-19(2,3)11-16(23)22-10-9-15-14(12-22)18(24)21-17(20-15)13-7-5-4-6-8-13/h4-8H,9-12H2,1-3H3,(H,20,21,24). The van der Waals surface area contributed by atoms with E-state index in [1.807, 2.05) is 51.1 Å². The zero-order chi connectivity index (χ0) is 17.3. The highest BCUT2D eigenvalue weighted by Gasteiger charge is 2.27. The van der Waals surface area contributed by atoms with Gasteiger partial charge in [0.05, 0.1) is 17.8 Å². The van der Waals surface area contributed by atoms with Gasteiger partial charge in [0, 0.05) is 24.9 Å². The largest absolute Gasteiger partial charge is 0.338 e. The van der Waals surface area contributed by atoms with Gasteiger partial charge in [-0.3, -0.25) is 9.59 Å². The average Bonchev–Trinajstić information content (AvgIpc) is 2.53. The molecule has 1 amide bonds. The number of nitrogens with one attached hydrogen (secondary N) is 1. The highest BCUT2D eigenvalue weighted by atomic mass is 16.2. The van der Waals surface area contributed by atoms with Gasteiger partial charge in [0.1, 0.15) is 5.82 Å². The number of H-pyrrole nitrogens is 1. The Morgan fingerprint density at radius 1 is 1.25 bits per heavy atom. The monoisotopic (exact) mass is 325 g/mol. The van der Waals surface area contributed by atoms with Crippen molar-refractivity contribution >= 4 is 5.91 Å². The topological polar surface area (TPSA) is 66.1 Å². The van der Waals surface area contributed by atoms with Gasteiger partial charge in [-0.25, -0.2) is 4.98 Å². The maximum absolute atomic E-state index is 12.5. The molecular formula is C19H23N3O2. The van der Waals surface area contributed by atoms with E-state index in [9.17, 15) is 9.59 Å². The van der Waals surface area contributed by atoms with Crippen LogP contribution in [0.1, 0.15) is 38.4 Å². The van der Waals surface area contributed by atoms with Crippen molar-refractivity contribution < 1.29 is 4.79 Å². The first-order valence-corrected chi connectivity index (χ1v) is 8.29. The number of amides is 1. The van der Waals surface area contributed by atoms with Crippen LogP contribution >= 0.6 is 0 Å². The summed E-state index contributed by atoms with van der Waals surface area (Å²) in [6, 6.07) is 9.61. The summed E-state index contributed by atoms with van der Waals surface area (Å²) >= 11 is 0. The van der Waals surface area contributed by atoms with Crippen LogP contribution in [0, 0.1) is 5.41 Å². The van der Waals surface area contributed by atoms with Crippen LogP contribution < -0.4 is 5.56 Å². The van der Waals surface area contributed by atoms with Crippen molar-refractivity contribution in [2.45, 2.75) is 40.2 Å². The summed E-state index contributed by atoms with van der Waals surface area (Å²) in [4.78, 5) is 34.1. The van der Waals surface area contributed by atoms with Crippen molar-refractivity contribution in [2.75, 3.05) is 6.54 Å². The molecule has 5 heteroatoms. The third-order valence-electron chi connectivity index (χ3n) is 4.15. The van der Waals surface area contributed by atoms with Gasteiger partial charge in [0.2, 0.25) is 5.91 Å². The van der Waals surface area contributed by atoms with E-state index in [2.05, 4.69) is 9.97 Å². The van der Waals surface area contributed by atoms with Crippen molar-refractivity contribution in [2.24, 2.45) is 5.41 Å². The molecule has 0 bridgehead atoms. The van der Waals surface area contributed by atoms with E-state index in [-0.39, 0.29) is 16.9 Å². The molecule has 0 saturated carbocycles. The third-order valence-corrected chi connectivity index (χ3v) is 4.15.